The molecule has 5 rings (SSSR count). The molecule has 0 saturated carbocycles. The zero-order chi connectivity index (χ0) is 21.4. The maximum atomic E-state index is 13.0. The maximum Gasteiger partial charge on any atom is 0.367 e. The van der Waals surface area contributed by atoms with Crippen LogP contribution in [0.15, 0.2) is 84.0 Å². The topological polar surface area (TPSA) is 65.1 Å². The van der Waals surface area contributed by atoms with Gasteiger partial charge in [-0.3, -0.25) is 4.98 Å². The lowest BCUT2D eigenvalue weighted by molar-refractivity contribution is 0.649. The number of nitrogens with zero attached hydrogens (tertiary/aromatic N) is 5. The molecule has 6 nitrogen and oxygen atoms in total. The van der Waals surface area contributed by atoms with Crippen LogP contribution >= 0.6 is 23.2 Å². The molecular weight excluding hydrogens is 433 g/mol. The third-order valence-electron chi connectivity index (χ3n) is 4.96. The Kier molecular flexibility index (Phi) is 5.02. The molecule has 0 N–H and O–H groups in total. The largest absolute Gasteiger partial charge is 0.367 e. The van der Waals surface area contributed by atoms with E-state index in [2.05, 4.69) is 15.2 Å². The van der Waals surface area contributed by atoms with E-state index in [1.165, 1.54) is 9.20 Å². The molecule has 0 radical (unpaired) electrons. The first-order chi connectivity index (χ1) is 15.1. The van der Waals surface area contributed by atoms with Crippen LogP contribution in [0.1, 0.15) is 5.56 Å². The van der Waals surface area contributed by atoms with Crippen LogP contribution in [0.5, 0.6) is 0 Å². The molecule has 0 aliphatic rings. The van der Waals surface area contributed by atoms with E-state index in [9.17, 15) is 4.79 Å². The van der Waals surface area contributed by atoms with Crippen molar-refractivity contribution in [2.24, 2.45) is 0 Å². The van der Waals surface area contributed by atoms with Crippen molar-refractivity contribution in [2.75, 3.05) is 0 Å². The van der Waals surface area contributed by atoms with Crippen molar-refractivity contribution in [3.8, 4) is 22.3 Å². The lowest BCUT2D eigenvalue weighted by atomic mass is 9.97. The van der Waals surface area contributed by atoms with Crippen LogP contribution in [-0.2, 0) is 6.54 Å². The highest BCUT2D eigenvalue weighted by Crippen LogP contribution is 2.34. The predicted molar refractivity (Wildman–Crippen MR) is 121 cm³/mol. The second-order valence-corrected chi connectivity index (χ2v) is 7.86. The lowest BCUT2D eigenvalue weighted by Crippen LogP contribution is -2.23. The number of benzene rings is 2. The van der Waals surface area contributed by atoms with Crippen molar-refractivity contribution in [1.82, 2.24) is 24.4 Å². The van der Waals surface area contributed by atoms with Gasteiger partial charge in [-0.15, -0.1) is 5.10 Å². The van der Waals surface area contributed by atoms with Crippen molar-refractivity contribution >= 4 is 28.8 Å². The minimum Gasteiger partial charge on any atom is -0.264 e. The Bertz CT molecular complexity index is 1430. The summed E-state index contributed by atoms with van der Waals surface area (Å²) in [5.41, 5.74) is 4.43. The quantitative estimate of drug-likeness (QED) is 0.389. The molecule has 0 saturated heterocycles. The molecule has 2 aromatic carbocycles. The molecule has 0 amide bonds. The second-order valence-electron chi connectivity index (χ2n) is 6.98. The number of hydrogen-bond donors (Lipinski definition) is 0. The molecule has 0 spiro atoms. The standard InChI is InChI=1S/C23H15Cl2N5O/c24-18-7-3-16(4-8-18)20-13-27-30-22(21(20)17-5-9-19(25)10-6-17)28-29(23(30)31)14-15-2-1-11-26-12-15/h1-13H,14H2. The smallest absolute Gasteiger partial charge is 0.264 e. The normalized spacial score (nSPS) is 11.2. The van der Waals surface area contributed by atoms with E-state index in [4.69, 9.17) is 23.2 Å². The Hall–Kier alpha value is -3.48. The summed E-state index contributed by atoms with van der Waals surface area (Å²) in [6, 6.07) is 18.6. The Labute approximate surface area is 187 Å². The number of halogens is 2. The van der Waals surface area contributed by atoms with E-state index in [-0.39, 0.29) is 5.69 Å². The predicted octanol–water partition coefficient (Wildman–Crippen LogP) is 4.98. The number of pyridine rings is 1. The molecule has 0 aliphatic carbocycles. The number of fused-ring (bicyclic) bond motifs is 1. The lowest BCUT2D eigenvalue weighted by Gasteiger charge is -2.11. The molecule has 5 aromatic rings. The van der Waals surface area contributed by atoms with Crippen LogP contribution in [0.25, 0.3) is 27.9 Å². The molecule has 31 heavy (non-hydrogen) atoms. The van der Waals surface area contributed by atoms with E-state index < -0.39 is 0 Å². The highest BCUT2D eigenvalue weighted by atomic mass is 35.5. The van der Waals surface area contributed by atoms with Gasteiger partial charge in [0.2, 0.25) is 0 Å². The molecule has 0 aliphatic heterocycles. The number of aromatic nitrogens is 5. The van der Waals surface area contributed by atoms with Gasteiger partial charge in [0.1, 0.15) is 0 Å². The highest BCUT2D eigenvalue weighted by Gasteiger charge is 2.19. The molecule has 8 heteroatoms. The average Bonchev–Trinajstić information content (AvgIpc) is 3.10. The Morgan fingerprint density at radius 1 is 0.839 bits per heavy atom. The zero-order valence-corrected chi connectivity index (χ0v) is 17.6. The van der Waals surface area contributed by atoms with E-state index in [1.807, 2.05) is 60.7 Å². The number of rotatable bonds is 4. The number of hydrogen-bond acceptors (Lipinski definition) is 4. The minimum atomic E-state index is -0.322. The molecule has 0 atom stereocenters. The highest BCUT2D eigenvalue weighted by molar-refractivity contribution is 6.31. The van der Waals surface area contributed by atoms with Crippen molar-refractivity contribution < 1.29 is 0 Å². The first-order valence-electron chi connectivity index (χ1n) is 9.50. The zero-order valence-electron chi connectivity index (χ0n) is 16.1. The van der Waals surface area contributed by atoms with Crippen LogP contribution in [-0.4, -0.2) is 24.4 Å². The molecule has 152 valence electrons. The summed E-state index contributed by atoms with van der Waals surface area (Å²) in [5, 5.41) is 10.3. The first-order valence-corrected chi connectivity index (χ1v) is 10.3. The van der Waals surface area contributed by atoms with Gasteiger partial charge in [-0.1, -0.05) is 53.5 Å². The summed E-state index contributed by atoms with van der Waals surface area (Å²) in [4.78, 5) is 17.1. The third kappa shape index (κ3) is 3.71. The Morgan fingerprint density at radius 3 is 2.16 bits per heavy atom. The van der Waals surface area contributed by atoms with E-state index in [0.717, 1.165) is 27.8 Å². The van der Waals surface area contributed by atoms with Gasteiger partial charge < -0.3 is 0 Å². The van der Waals surface area contributed by atoms with Crippen molar-refractivity contribution in [3.63, 3.8) is 0 Å². The van der Waals surface area contributed by atoms with Crippen LogP contribution in [0.3, 0.4) is 0 Å². The van der Waals surface area contributed by atoms with Crippen LogP contribution in [0.4, 0.5) is 0 Å². The van der Waals surface area contributed by atoms with Crippen molar-refractivity contribution in [2.45, 2.75) is 6.54 Å². The summed E-state index contributed by atoms with van der Waals surface area (Å²) in [6.45, 7) is 0.298. The monoisotopic (exact) mass is 447 g/mol. The maximum absolute atomic E-state index is 13.0. The van der Waals surface area contributed by atoms with Crippen LogP contribution < -0.4 is 5.69 Å². The Balaban J connectivity index is 1.75. The van der Waals surface area contributed by atoms with E-state index in [1.54, 1.807) is 18.6 Å². The summed E-state index contributed by atoms with van der Waals surface area (Å²) >= 11 is 12.2. The van der Waals surface area contributed by atoms with Gasteiger partial charge in [-0.05, 0) is 47.0 Å². The second kappa shape index (κ2) is 7.98. The van der Waals surface area contributed by atoms with E-state index in [0.29, 0.717) is 22.2 Å². The fourth-order valence-electron chi connectivity index (χ4n) is 3.48. The molecule has 3 aromatic heterocycles. The SMILES string of the molecule is O=c1n(Cc2cccnc2)nc2c(-c3ccc(Cl)cc3)c(-c3ccc(Cl)cc3)cnn12. The molecular formula is C23H15Cl2N5O. The van der Waals surface area contributed by atoms with Gasteiger partial charge in [0, 0.05) is 33.6 Å². The summed E-state index contributed by atoms with van der Waals surface area (Å²) in [6.07, 6.45) is 5.08. The van der Waals surface area contributed by atoms with E-state index >= 15 is 0 Å². The fourth-order valence-corrected chi connectivity index (χ4v) is 3.73. The fraction of sp³-hybridized carbons (Fsp3) is 0.0435. The molecule has 0 unspecified atom stereocenters. The third-order valence-corrected chi connectivity index (χ3v) is 5.46. The van der Waals surface area contributed by atoms with Crippen LogP contribution in [0.2, 0.25) is 10.0 Å². The first kappa shape index (κ1) is 19.5. The van der Waals surface area contributed by atoms with Gasteiger partial charge in [-0.2, -0.15) is 9.61 Å². The van der Waals surface area contributed by atoms with Gasteiger partial charge >= 0.3 is 5.69 Å². The van der Waals surface area contributed by atoms with Gasteiger partial charge in [-0.25, -0.2) is 9.48 Å². The van der Waals surface area contributed by atoms with Crippen LogP contribution in [0, 0.1) is 0 Å². The molecule has 3 heterocycles. The van der Waals surface area contributed by atoms with Gasteiger partial charge in [0.15, 0.2) is 5.65 Å². The van der Waals surface area contributed by atoms with Gasteiger partial charge in [0.25, 0.3) is 0 Å². The summed E-state index contributed by atoms with van der Waals surface area (Å²) < 4.78 is 2.71. The summed E-state index contributed by atoms with van der Waals surface area (Å²) in [5.74, 6) is 0. The average molecular weight is 448 g/mol. The Morgan fingerprint density at radius 2 is 1.52 bits per heavy atom. The van der Waals surface area contributed by atoms with Crippen molar-refractivity contribution in [1.29, 1.82) is 0 Å². The van der Waals surface area contributed by atoms with Gasteiger partial charge in [0.05, 0.1) is 12.7 Å². The molecule has 0 bridgehead atoms. The summed E-state index contributed by atoms with van der Waals surface area (Å²) in [7, 11) is 0. The van der Waals surface area contributed by atoms with Crippen molar-refractivity contribution in [3.05, 3.63) is 105 Å². The molecule has 0 fully saturated rings. The minimum absolute atomic E-state index is 0.298.